The van der Waals surface area contributed by atoms with E-state index >= 15 is 0 Å². The lowest BCUT2D eigenvalue weighted by molar-refractivity contribution is -0.147. The number of rotatable bonds is 3. The van der Waals surface area contributed by atoms with Crippen molar-refractivity contribution in [3.05, 3.63) is 12.2 Å². The standard InChI is InChI=1S/C14H26O2/c1-5-8-13(15)16-12-10-7-6-9-11(12)14(2,3)4/h5,8,11-13,15H,6-7,9-10H2,1-4H3. The monoisotopic (exact) mass is 226 g/mol. The summed E-state index contributed by atoms with van der Waals surface area (Å²) in [5.74, 6) is 0.557. The van der Waals surface area contributed by atoms with Crippen LogP contribution in [0, 0.1) is 11.3 Å². The van der Waals surface area contributed by atoms with Crippen LogP contribution in [0.3, 0.4) is 0 Å². The Morgan fingerprint density at radius 1 is 1.25 bits per heavy atom. The van der Waals surface area contributed by atoms with Crippen molar-refractivity contribution in [2.24, 2.45) is 11.3 Å². The molecule has 1 aliphatic carbocycles. The van der Waals surface area contributed by atoms with Gasteiger partial charge in [-0.25, -0.2) is 0 Å². The SMILES string of the molecule is CC=CC(O)OC1CCCCC1C(C)(C)C. The van der Waals surface area contributed by atoms with Gasteiger partial charge in [0, 0.05) is 0 Å². The lowest BCUT2D eigenvalue weighted by Crippen LogP contribution is -2.38. The molecule has 94 valence electrons. The van der Waals surface area contributed by atoms with Gasteiger partial charge in [-0.15, -0.1) is 0 Å². The Morgan fingerprint density at radius 3 is 2.44 bits per heavy atom. The predicted molar refractivity (Wildman–Crippen MR) is 67.1 cm³/mol. The number of aliphatic hydroxyl groups is 1. The van der Waals surface area contributed by atoms with Gasteiger partial charge < -0.3 is 9.84 Å². The quantitative estimate of drug-likeness (QED) is 0.589. The molecule has 1 saturated carbocycles. The second kappa shape index (κ2) is 5.83. The maximum absolute atomic E-state index is 9.68. The van der Waals surface area contributed by atoms with Gasteiger partial charge >= 0.3 is 0 Å². The van der Waals surface area contributed by atoms with Crippen LogP contribution in [0.5, 0.6) is 0 Å². The first-order valence-corrected chi connectivity index (χ1v) is 6.41. The molecule has 0 bridgehead atoms. The smallest absolute Gasteiger partial charge is 0.174 e. The van der Waals surface area contributed by atoms with E-state index in [0.717, 1.165) is 6.42 Å². The van der Waals surface area contributed by atoms with Gasteiger partial charge in [-0.1, -0.05) is 39.7 Å². The second-order valence-electron chi connectivity index (χ2n) is 5.85. The highest BCUT2D eigenvalue weighted by molar-refractivity contribution is 4.87. The van der Waals surface area contributed by atoms with Crippen molar-refractivity contribution in [3.63, 3.8) is 0 Å². The van der Waals surface area contributed by atoms with Crippen LogP contribution >= 0.6 is 0 Å². The number of hydrogen-bond acceptors (Lipinski definition) is 2. The van der Waals surface area contributed by atoms with Gasteiger partial charge in [0.05, 0.1) is 6.10 Å². The molecule has 0 aromatic rings. The van der Waals surface area contributed by atoms with E-state index in [9.17, 15) is 5.11 Å². The Kier molecular flexibility index (Phi) is 5.00. The van der Waals surface area contributed by atoms with Gasteiger partial charge in [-0.3, -0.25) is 0 Å². The molecule has 0 heterocycles. The van der Waals surface area contributed by atoms with Crippen LogP contribution in [0.1, 0.15) is 53.4 Å². The van der Waals surface area contributed by atoms with E-state index in [1.165, 1.54) is 19.3 Å². The van der Waals surface area contributed by atoms with Crippen molar-refractivity contribution in [1.82, 2.24) is 0 Å². The largest absolute Gasteiger partial charge is 0.365 e. The van der Waals surface area contributed by atoms with Crippen LogP contribution in [0.25, 0.3) is 0 Å². The average Bonchev–Trinajstić information content (AvgIpc) is 2.17. The van der Waals surface area contributed by atoms with Crippen molar-refractivity contribution >= 4 is 0 Å². The summed E-state index contributed by atoms with van der Waals surface area (Å²) in [6, 6.07) is 0. The van der Waals surface area contributed by atoms with Crippen molar-refractivity contribution < 1.29 is 9.84 Å². The van der Waals surface area contributed by atoms with Gasteiger partial charge in [0.1, 0.15) is 0 Å². The minimum Gasteiger partial charge on any atom is -0.365 e. The molecule has 3 atom stereocenters. The zero-order chi connectivity index (χ0) is 12.2. The summed E-state index contributed by atoms with van der Waals surface area (Å²) >= 11 is 0. The zero-order valence-electron chi connectivity index (χ0n) is 11.1. The number of hydrogen-bond donors (Lipinski definition) is 1. The molecular weight excluding hydrogens is 200 g/mol. The molecule has 16 heavy (non-hydrogen) atoms. The molecule has 3 unspecified atom stereocenters. The molecule has 0 spiro atoms. The Labute approximate surface area is 99.7 Å². The van der Waals surface area contributed by atoms with Crippen LogP contribution in [-0.2, 0) is 4.74 Å². The van der Waals surface area contributed by atoms with Crippen molar-refractivity contribution in [2.75, 3.05) is 0 Å². The molecule has 2 nitrogen and oxygen atoms in total. The summed E-state index contributed by atoms with van der Waals surface area (Å²) in [6.07, 6.45) is 7.82. The molecule has 0 amide bonds. The molecule has 0 radical (unpaired) electrons. The fourth-order valence-electron chi connectivity index (χ4n) is 2.64. The Hall–Kier alpha value is -0.340. The topological polar surface area (TPSA) is 29.5 Å². The first-order chi connectivity index (χ1) is 7.45. The summed E-state index contributed by atoms with van der Waals surface area (Å²) in [6.45, 7) is 8.69. The molecular formula is C14H26O2. The van der Waals surface area contributed by atoms with Gasteiger partial charge in [-0.2, -0.15) is 0 Å². The number of aliphatic hydroxyl groups excluding tert-OH is 1. The third-order valence-electron chi connectivity index (χ3n) is 3.49. The fraction of sp³-hybridized carbons (Fsp3) is 0.857. The van der Waals surface area contributed by atoms with Crippen LogP contribution in [0.4, 0.5) is 0 Å². The molecule has 0 aromatic heterocycles. The predicted octanol–water partition coefficient (Wildman–Crippen LogP) is 3.50. The average molecular weight is 226 g/mol. The second-order valence-corrected chi connectivity index (χ2v) is 5.85. The van der Waals surface area contributed by atoms with Gasteiger partial charge in [0.2, 0.25) is 0 Å². The minimum atomic E-state index is -0.738. The maximum atomic E-state index is 9.68. The van der Waals surface area contributed by atoms with E-state index in [0.29, 0.717) is 5.92 Å². The fourth-order valence-corrected chi connectivity index (χ4v) is 2.64. The summed E-state index contributed by atoms with van der Waals surface area (Å²) in [4.78, 5) is 0. The van der Waals surface area contributed by atoms with Gasteiger partial charge in [0.25, 0.3) is 0 Å². The van der Waals surface area contributed by atoms with Gasteiger partial charge in [-0.05, 0) is 37.2 Å². The third-order valence-corrected chi connectivity index (χ3v) is 3.49. The molecule has 1 rings (SSSR count). The van der Waals surface area contributed by atoms with Crippen molar-refractivity contribution in [1.29, 1.82) is 0 Å². The highest BCUT2D eigenvalue weighted by atomic mass is 16.6. The molecule has 1 N–H and O–H groups in total. The Balaban J connectivity index is 2.60. The maximum Gasteiger partial charge on any atom is 0.174 e. The van der Waals surface area contributed by atoms with Crippen LogP contribution < -0.4 is 0 Å². The lowest BCUT2D eigenvalue weighted by atomic mass is 9.70. The highest BCUT2D eigenvalue weighted by Crippen LogP contribution is 2.39. The van der Waals surface area contributed by atoms with E-state index in [1.54, 1.807) is 6.08 Å². The Morgan fingerprint density at radius 2 is 1.88 bits per heavy atom. The summed E-state index contributed by atoms with van der Waals surface area (Å²) in [5, 5.41) is 9.68. The molecule has 0 saturated heterocycles. The van der Waals surface area contributed by atoms with Crippen LogP contribution in [-0.4, -0.2) is 17.5 Å². The molecule has 0 aliphatic heterocycles. The normalized spacial score (nSPS) is 29.6. The van der Waals surface area contributed by atoms with Gasteiger partial charge in [0.15, 0.2) is 6.29 Å². The van der Waals surface area contributed by atoms with E-state index in [2.05, 4.69) is 20.8 Å². The summed E-state index contributed by atoms with van der Waals surface area (Å²) in [7, 11) is 0. The molecule has 0 aromatic carbocycles. The molecule has 1 fully saturated rings. The van der Waals surface area contributed by atoms with E-state index in [1.807, 2.05) is 13.0 Å². The summed E-state index contributed by atoms with van der Waals surface area (Å²) < 4.78 is 5.74. The minimum absolute atomic E-state index is 0.208. The number of allylic oxidation sites excluding steroid dienone is 1. The van der Waals surface area contributed by atoms with Crippen molar-refractivity contribution in [3.8, 4) is 0 Å². The molecule has 2 heteroatoms. The number of ether oxygens (including phenoxy) is 1. The van der Waals surface area contributed by atoms with E-state index in [-0.39, 0.29) is 11.5 Å². The summed E-state index contributed by atoms with van der Waals surface area (Å²) in [5.41, 5.74) is 0.265. The van der Waals surface area contributed by atoms with E-state index < -0.39 is 6.29 Å². The first kappa shape index (κ1) is 13.7. The first-order valence-electron chi connectivity index (χ1n) is 6.41. The third kappa shape index (κ3) is 3.91. The Bertz CT molecular complexity index is 227. The van der Waals surface area contributed by atoms with Crippen molar-refractivity contribution in [2.45, 2.75) is 65.8 Å². The van der Waals surface area contributed by atoms with Crippen LogP contribution in [0.2, 0.25) is 0 Å². The highest BCUT2D eigenvalue weighted by Gasteiger charge is 2.35. The van der Waals surface area contributed by atoms with Crippen LogP contribution in [0.15, 0.2) is 12.2 Å². The van der Waals surface area contributed by atoms with E-state index in [4.69, 9.17) is 4.74 Å². The lowest BCUT2D eigenvalue weighted by Gasteiger charge is -2.40. The zero-order valence-corrected chi connectivity index (χ0v) is 11.1. The molecule has 1 aliphatic rings.